The van der Waals surface area contributed by atoms with E-state index in [1.807, 2.05) is 24.3 Å². The van der Waals surface area contributed by atoms with Gasteiger partial charge in [-0.05, 0) is 67.4 Å². The first-order chi connectivity index (χ1) is 18.9. The zero-order chi connectivity index (χ0) is 27.4. The lowest BCUT2D eigenvalue weighted by atomic mass is 10.1. The molecule has 0 atom stereocenters. The lowest BCUT2D eigenvalue weighted by molar-refractivity contribution is 0.0947. The lowest BCUT2D eigenvalue weighted by Gasteiger charge is -2.10. The van der Waals surface area contributed by atoms with Gasteiger partial charge in [-0.2, -0.15) is 0 Å². The van der Waals surface area contributed by atoms with E-state index >= 15 is 0 Å². The number of benzene rings is 2. The molecule has 3 heterocycles. The number of nitrogens with zero attached hydrogens (tertiary/aromatic N) is 5. The number of pyridine rings is 2. The number of fused-ring (bicyclic) bond motifs is 2. The Bertz CT molecular complexity index is 1720. The quantitative estimate of drug-likeness (QED) is 0.162. The van der Waals surface area contributed by atoms with Gasteiger partial charge >= 0.3 is 0 Å². The van der Waals surface area contributed by atoms with Crippen LogP contribution in [-0.2, 0) is 6.54 Å². The molecule has 3 aromatic heterocycles. The van der Waals surface area contributed by atoms with E-state index in [1.54, 1.807) is 6.20 Å². The Hall–Kier alpha value is -4.83. The minimum absolute atomic E-state index is 0.0963. The number of nitrogens with one attached hydrogen (secondary N) is 1. The number of azo groups is 1. The number of amides is 2. The molecule has 196 valence electrons. The summed E-state index contributed by atoms with van der Waals surface area (Å²) >= 11 is 6.06. The van der Waals surface area contributed by atoms with Crippen LogP contribution in [-0.4, -0.2) is 43.1 Å². The smallest absolute Gasteiger partial charge is 0.295 e. The highest BCUT2D eigenvalue weighted by Gasteiger charge is 2.18. The molecule has 0 aliphatic rings. The summed E-state index contributed by atoms with van der Waals surface area (Å²) in [5.74, 6) is -1.68. The number of aromatic nitrogens is 3. The Balaban J connectivity index is 1.22. The zero-order valence-corrected chi connectivity index (χ0v) is 21.3. The summed E-state index contributed by atoms with van der Waals surface area (Å²) in [7, 11) is 0. The molecule has 0 aliphatic heterocycles. The van der Waals surface area contributed by atoms with Gasteiger partial charge in [0.05, 0.1) is 5.52 Å². The van der Waals surface area contributed by atoms with Crippen molar-refractivity contribution in [2.24, 2.45) is 10.2 Å². The van der Waals surface area contributed by atoms with E-state index in [1.165, 1.54) is 47.3 Å². The van der Waals surface area contributed by atoms with E-state index in [0.29, 0.717) is 35.3 Å². The van der Waals surface area contributed by atoms with Gasteiger partial charge in [0.15, 0.2) is 0 Å². The molecule has 0 unspecified atom stereocenters. The topological polar surface area (TPSA) is 142 Å². The van der Waals surface area contributed by atoms with Crippen molar-refractivity contribution in [2.45, 2.75) is 19.4 Å². The van der Waals surface area contributed by atoms with Crippen molar-refractivity contribution in [2.75, 3.05) is 11.9 Å². The molecule has 0 fully saturated rings. The average molecular weight is 543 g/mol. The highest BCUT2D eigenvalue weighted by Crippen LogP contribution is 2.37. The molecule has 2 amide bonds. The lowest BCUT2D eigenvalue weighted by Crippen LogP contribution is -2.04. The first-order valence-corrected chi connectivity index (χ1v) is 12.5. The van der Waals surface area contributed by atoms with Crippen molar-refractivity contribution >= 4 is 50.8 Å². The molecule has 3 N–H and O–H groups in total. The molecule has 0 aliphatic carbocycles. The van der Waals surface area contributed by atoms with Gasteiger partial charge in [-0.1, -0.05) is 11.6 Å². The fourth-order valence-electron chi connectivity index (χ4n) is 4.25. The number of hydrogen-bond donors (Lipinski definition) is 3. The van der Waals surface area contributed by atoms with Crippen LogP contribution >= 0.6 is 11.6 Å². The summed E-state index contributed by atoms with van der Waals surface area (Å²) < 4.78 is 1.40. The third-order valence-corrected chi connectivity index (χ3v) is 6.48. The summed E-state index contributed by atoms with van der Waals surface area (Å²) in [5, 5.41) is 34.1. The minimum atomic E-state index is -0.747. The highest BCUT2D eigenvalue weighted by atomic mass is 35.5. The van der Waals surface area contributed by atoms with Crippen LogP contribution in [0, 0.1) is 0 Å². The summed E-state index contributed by atoms with van der Waals surface area (Å²) in [5.41, 5.74) is 2.13. The maximum Gasteiger partial charge on any atom is 0.295 e. The highest BCUT2D eigenvalue weighted by molar-refractivity contribution is 6.31. The van der Waals surface area contributed by atoms with E-state index in [4.69, 9.17) is 11.6 Å². The number of aromatic hydroxyl groups is 2. The second-order valence-electron chi connectivity index (χ2n) is 8.76. The van der Waals surface area contributed by atoms with E-state index in [0.717, 1.165) is 23.0 Å². The predicted octanol–water partition coefficient (Wildman–Crippen LogP) is 5.97. The fourth-order valence-corrected chi connectivity index (χ4v) is 4.42. The van der Waals surface area contributed by atoms with Crippen LogP contribution < -0.4 is 5.32 Å². The van der Waals surface area contributed by atoms with E-state index in [9.17, 15) is 19.8 Å². The van der Waals surface area contributed by atoms with Gasteiger partial charge in [0.25, 0.3) is 11.8 Å². The van der Waals surface area contributed by atoms with Gasteiger partial charge in [0.2, 0.25) is 11.8 Å². The monoisotopic (exact) mass is 542 g/mol. The molecule has 0 saturated carbocycles. The molecule has 0 radical (unpaired) electrons. The molecular weight excluding hydrogens is 520 g/mol. The van der Waals surface area contributed by atoms with Gasteiger partial charge < -0.3 is 15.5 Å². The second kappa shape index (κ2) is 11.3. The van der Waals surface area contributed by atoms with Crippen LogP contribution in [0.15, 0.2) is 83.4 Å². The molecule has 11 heteroatoms. The van der Waals surface area contributed by atoms with Gasteiger partial charge in [-0.15, -0.1) is 10.2 Å². The summed E-state index contributed by atoms with van der Waals surface area (Å²) in [6.45, 7) is 1.04. The number of hydrogen-bond acceptors (Lipinski definition) is 7. The Morgan fingerprint density at radius 3 is 2.33 bits per heavy atom. The summed E-state index contributed by atoms with van der Waals surface area (Å²) in [6.07, 6.45) is 6.03. The maximum absolute atomic E-state index is 12.5. The number of unbranched alkanes of at least 4 members (excludes halogenated alkanes) is 1. The maximum atomic E-state index is 12.5. The molecule has 5 aromatic rings. The first-order valence-electron chi connectivity index (χ1n) is 12.1. The molecule has 0 saturated heterocycles. The van der Waals surface area contributed by atoms with Gasteiger partial charge in [0, 0.05) is 69.7 Å². The number of rotatable bonds is 8. The Morgan fingerprint density at radius 2 is 1.54 bits per heavy atom. The van der Waals surface area contributed by atoms with E-state index in [-0.39, 0.29) is 22.9 Å². The standard InChI is InChI=1S/C28H23ClN6O4/c29-19-4-6-21-23(9-13-32-24(21)16-19)31-10-1-2-14-35-27(38)20-5-3-18(15-22(20)28(35)39)26(37)34-33-25(36)17-7-11-30-12-8-17/h3-9,11-13,15-16,38-39H,1-2,10,14H2,(H,31,32). The fraction of sp³-hybridized carbons (Fsp3) is 0.143. The second-order valence-corrected chi connectivity index (χ2v) is 9.20. The Kier molecular flexibility index (Phi) is 7.46. The Labute approximate surface area is 227 Å². The van der Waals surface area contributed by atoms with Gasteiger partial charge in [0.1, 0.15) is 0 Å². The molecule has 5 rings (SSSR count). The van der Waals surface area contributed by atoms with Crippen molar-refractivity contribution in [3.05, 3.63) is 89.3 Å². The molecule has 10 nitrogen and oxygen atoms in total. The van der Waals surface area contributed by atoms with Gasteiger partial charge in [-0.3, -0.25) is 24.1 Å². The van der Waals surface area contributed by atoms with E-state index < -0.39 is 11.8 Å². The predicted molar refractivity (Wildman–Crippen MR) is 147 cm³/mol. The molecular formula is C28H23ClN6O4. The number of carbonyl (C=O) groups is 2. The minimum Gasteiger partial charge on any atom is -0.494 e. The Morgan fingerprint density at radius 1 is 0.821 bits per heavy atom. The van der Waals surface area contributed by atoms with Crippen LogP contribution in [0.5, 0.6) is 11.8 Å². The van der Waals surface area contributed by atoms with Crippen molar-refractivity contribution in [3.8, 4) is 11.8 Å². The van der Waals surface area contributed by atoms with Gasteiger partial charge in [-0.25, -0.2) is 0 Å². The molecule has 0 bridgehead atoms. The summed E-state index contributed by atoms with van der Waals surface area (Å²) in [6, 6.07) is 14.8. The molecule has 0 spiro atoms. The third kappa shape index (κ3) is 5.55. The average Bonchev–Trinajstić information content (AvgIpc) is 3.20. The molecule has 2 aromatic carbocycles. The largest absolute Gasteiger partial charge is 0.494 e. The normalized spacial score (nSPS) is 11.4. The zero-order valence-electron chi connectivity index (χ0n) is 20.6. The van der Waals surface area contributed by atoms with Crippen molar-refractivity contribution in [3.63, 3.8) is 0 Å². The van der Waals surface area contributed by atoms with Crippen LogP contribution in [0.4, 0.5) is 5.69 Å². The van der Waals surface area contributed by atoms with Crippen LogP contribution in [0.2, 0.25) is 5.02 Å². The number of carbonyl (C=O) groups excluding carboxylic acids is 2. The van der Waals surface area contributed by atoms with E-state index in [2.05, 4.69) is 25.5 Å². The molecule has 39 heavy (non-hydrogen) atoms. The third-order valence-electron chi connectivity index (χ3n) is 6.25. The van der Waals surface area contributed by atoms with Crippen LogP contribution in [0.1, 0.15) is 33.6 Å². The number of halogens is 1. The van der Waals surface area contributed by atoms with Crippen molar-refractivity contribution in [1.29, 1.82) is 0 Å². The summed E-state index contributed by atoms with van der Waals surface area (Å²) in [4.78, 5) is 32.7. The van der Waals surface area contributed by atoms with Crippen LogP contribution in [0.25, 0.3) is 21.7 Å². The first kappa shape index (κ1) is 25.8. The van der Waals surface area contributed by atoms with Crippen molar-refractivity contribution < 1.29 is 19.8 Å². The SMILES string of the molecule is O=C(N=NC(=O)c1ccc2c(O)n(CCCCNc3ccnc4cc(Cl)ccc34)c(O)c2c1)c1ccncc1. The number of anilines is 1. The van der Waals surface area contributed by atoms with Crippen LogP contribution in [0.3, 0.4) is 0 Å². The van der Waals surface area contributed by atoms with Crippen molar-refractivity contribution in [1.82, 2.24) is 14.5 Å².